The second kappa shape index (κ2) is 8.93. The van der Waals surface area contributed by atoms with E-state index in [0.717, 1.165) is 26.2 Å². The van der Waals surface area contributed by atoms with Crippen molar-refractivity contribution in [3.63, 3.8) is 0 Å². The summed E-state index contributed by atoms with van der Waals surface area (Å²) in [6, 6.07) is 0.329. The third-order valence-electron chi connectivity index (χ3n) is 4.00. The molecule has 1 atom stereocenters. The van der Waals surface area contributed by atoms with Gasteiger partial charge in [-0.25, -0.2) is 0 Å². The van der Waals surface area contributed by atoms with Crippen molar-refractivity contribution >= 4 is 0 Å². The van der Waals surface area contributed by atoms with Crippen LogP contribution in [0.4, 0.5) is 0 Å². The van der Waals surface area contributed by atoms with E-state index in [-0.39, 0.29) is 11.7 Å². The number of hydrogen-bond donors (Lipinski definition) is 1. The summed E-state index contributed by atoms with van der Waals surface area (Å²) in [5.74, 6) is 0. The van der Waals surface area contributed by atoms with Gasteiger partial charge in [0.25, 0.3) is 0 Å². The molecule has 1 aliphatic rings. The monoisotopic (exact) mass is 271 g/mol. The molecule has 1 aliphatic carbocycles. The van der Waals surface area contributed by atoms with Gasteiger partial charge in [-0.05, 0) is 46.6 Å². The van der Waals surface area contributed by atoms with Crippen LogP contribution in [-0.4, -0.2) is 37.5 Å². The molecule has 0 aromatic carbocycles. The Hall–Kier alpha value is -0.120. The van der Waals surface area contributed by atoms with Crippen LogP contribution in [0.3, 0.4) is 0 Å². The van der Waals surface area contributed by atoms with Crippen molar-refractivity contribution in [3.8, 4) is 0 Å². The lowest BCUT2D eigenvalue weighted by Crippen LogP contribution is -2.56. The highest BCUT2D eigenvalue weighted by molar-refractivity contribution is 4.95. The van der Waals surface area contributed by atoms with Gasteiger partial charge >= 0.3 is 0 Å². The van der Waals surface area contributed by atoms with Crippen LogP contribution in [0.5, 0.6) is 0 Å². The molecular formula is C16H33NO2. The zero-order chi connectivity index (χ0) is 14.1. The van der Waals surface area contributed by atoms with Crippen molar-refractivity contribution in [2.45, 2.75) is 84.0 Å². The van der Waals surface area contributed by atoms with Crippen LogP contribution in [0.15, 0.2) is 0 Å². The molecule has 0 aliphatic heterocycles. The van der Waals surface area contributed by atoms with E-state index in [1.165, 1.54) is 32.1 Å². The van der Waals surface area contributed by atoms with Crippen molar-refractivity contribution in [2.75, 3.05) is 19.8 Å². The molecule has 1 fully saturated rings. The summed E-state index contributed by atoms with van der Waals surface area (Å²) in [4.78, 5) is 0. The maximum absolute atomic E-state index is 6.22. The topological polar surface area (TPSA) is 30.5 Å². The van der Waals surface area contributed by atoms with Crippen LogP contribution >= 0.6 is 0 Å². The first kappa shape index (κ1) is 16.9. The molecule has 3 nitrogen and oxygen atoms in total. The molecule has 0 spiro atoms. The molecule has 19 heavy (non-hydrogen) atoms. The fourth-order valence-electron chi connectivity index (χ4n) is 3.04. The van der Waals surface area contributed by atoms with E-state index in [2.05, 4.69) is 33.0 Å². The fraction of sp³-hybridized carbons (Fsp3) is 1.00. The average molecular weight is 271 g/mol. The van der Waals surface area contributed by atoms with Crippen LogP contribution < -0.4 is 5.32 Å². The third kappa shape index (κ3) is 5.41. The standard InChI is InChI=1S/C16H33NO2/c1-5-12-17-15(13-18-14(3)4)16(19-6-2)10-8-7-9-11-16/h14-15,17H,5-13H2,1-4H3. The predicted octanol–water partition coefficient (Wildman–Crippen LogP) is 3.52. The molecule has 1 N–H and O–H groups in total. The van der Waals surface area contributed by atoms with Crippen molar-refractivity contribution in [2.24, 2.45) is 0 Å². The highest BCUT2D eigenvalue weighted by Crippen LogP contribution is 2.35. The number of nitrogens with one attached hydrogen (secondary N) is 1. The minimum absolute atomic E-state index is 0.00292. The number of ether oxygens (including phenoxy) is 2. The minimum Gasteiger partial charge on any atom is -0.377 e. The molecule has 0 radical (unpaired) electrons. The maximum Gasteiger partial charge on any atom is 0.0857 e. The highest BCUT2D eigenvalue weighted by atomic mass is 16.5. The molecule has 1 rings (SSSR count). The van der Waals surface area contributed by atoms with Crippen molar-refractivity contribution < 1.29 is 9.47 Å². The first-order valence-electron chi connectivity index (χ1n) is 8.13. The maximum atomic E-state index is 6.22. The van der Waals surface area contributed by atoms with Gasteiger partial charge in [0.2, 0.25) is 0 Å². The zero-order valence-electron chi connectivity index (χ0n) is 13.3. The zero-order valence-corrected chi connectivity index (χ0v) is 13.3. The average Bonchev–Trinajstić information content (AvgIpc) is 2.39. The van der Waals surface area contributed by atoms with E-state index in [1.54, 1.807) is 0 Å². The molecule has 0 amide bonds. The second-order valence-corrected chi connectivity index (χ2v) is 5.95. The molecule has 0 aromatic heterocycles. The smallest absolute Gasteiger partial charge is 0.0857 e. The first-order valence-corrected chi connectivity index (χ1v) is 8.13. The molecule has 0 saturated heterocycles. The van der Waals surface area contributed by atoms with Crippen LogP contribution in [0.2, 0.25) is 0 Å². The van der Waals surface area contributed by atoms with Crippen LogP contribution in [-0.2, 0) is 9.47 Å². The SMILES string of the molecule is CCCNC(COC(C)C)C1(OCC)CCCCC1. The van der Waals surface area contributed by atoms with E-state index >= 15 is 0 Å². The molecule has 0 aromatic rings. The lowest BCUT2D eigenvalue weighted by Gasteiger charge is -2.43. The Morgan fingerprint density at radius 3 is 2.32 bits per heavy atom. The van der Waals surface area contributed by atoms with Crippen molar-refractivity contribution in [1.29, 1.82) is 0 Å². The summed E-state index contributed by atoms with van der Waals surface area (Å²) in [5, 5.41) is 3.67. The summed E-state index contributed by atoms with van der Waals surface area (Å²) < 4.78 is 12.1. The lowest BCUT2D eigenvalue weighted by molar-refractivity contribution is -0.110. The van der Waals surface area contributed by atoms with Crippen LogP contribution in [0.25, 0.3) is 0 Å². The third-order valence-corrected chi connectivity index (χ3v) is 4.00. The molecule has 3 heteroatoms. The molecule has 0 heterocycles. The summed E-state index contributed by atoms with van der Waals surface area (Å²) >= 11 is 0. The van der Waals surface area contributed by atoms with E-state index in [1.807, 2.05) is 0 Å². The van der Waals surface area contributed by atoms with E-state index in [4.69, 9.17) is 9.47 Å². The van der Waals surface area contributed by atoms with Crippen molar-refractivity contribution in [1.82, 2.24) is 5.32 Å². The Balaban J connectivity index is 2.69. The Labute approximate surface area is 119 Å². The van der Waals surface area contributed by atoms with E-state index in [0.29, 0.717) is 6.04 Å². The van der Waals surface area contributed by atoms with E-state index in [9.17, 15) is 0 Å². The van der Waals surface area contributed by atoms with Gasteiger partial charge in [-0.15, -0.1) is 0 Å². The minimum atomic E-state index is -0.00292. The van der Waals surface area contributed by atoms with Gasteiger partial charge < -0.3 is 14.8 Å². The summed E-state index contributed by atoms with van der Waals surface area (Å²) in [5.41, 5.74) is -0.00292. The van der Waals surface area contributed by atoms with Gasteiger partial charge in [-0.1, -0.05) is 26.2 Å². The molecule has 114 valence electrons. The number of rotatable bonds is 9. The molecular weight excluding hydrogens is 238 g/mol. The van der Waals surface area contributed by atoms with Gasteiger partial charge in [0.15, 0.2) is 0 Å². The Bertz CT molecular complexity index is 219. The second-order valence-electron chi connectivity index (χ2n) is 5.95. The first-order chi connectivity index (χ1) is 9.14. The summed E-state index contributed by atoms with van der Waals surface area (Å²) in [6.07, 6.45) is 7.69. The Kier molecular flexibility index (Phi) is 7.96. The Morgan fingerprint density at radius 1 is 1.11 bits per heavy atom. The molecule has 1 saturated carbocycles. The highest BCUT2D eigenvalue weighted by Gasteiger charge is 2.40. The van der Waals surface area contributed by atoms with Gasteiger partial charge in [-0.2, -0.15) is 0 Å². The fourth-order valence-corrected chi connectivity index (χ4v) is 3.04. The largest absolute Gasteiger partial charge is 0.377 e. The molecule has 0 bridgehead atoms. The van der Waals surface area contributed by atoms with Crippen LogP contribution in [0, 0.1) is 0 Å². The normalized spacial score (nSPS) is 20.7. The quantitative estimate of drug-likeness (QED) is 0.696. The predicted molar refractivity (Wildman–Crippen MR) is 80.6 cm³/mol. The Morgan fingerprint density at radius 2 is 1.79 bits per heavy atom. The van der Waals surface area contributed by atoms with Crippen molar-refractivity contribution in [3.05, 3.63) is 0 Å². The van der Waals surface area contributed by atoms with Gasteiger partial charge in [-0.3, -0.25) is 0 Å². The summed E-state index contributed by atoms with van der Waals surface area (Å²) in [6.45, 7) is 11.1. The number of hydrogen-bond acceptors (Lipinski definition) is 3. The van der Waals surface area contributed by atoms with Gasteiger partial charge in [0.1, 0.15) is 0 Å². The van der Waals surface area contributed by atoms with Gasteiger partial charge in [0, 0.05) is 6.61 Å². The van der Waals surface area contributed by atoms with Gasteiger partial charge in [0.05, 0.1) is 24.4 Å². The molecule has 1 unspecified atom stereocenters. The lowest BCUT2D eigenvalue weighted by atomic mass is 9.79. The van der Waals surface area contributed by atoms with Crippen LogP contribution in [0.1, 0.15) is 66.2 Å². The van der Waals surface area contributed by atoms with E-state index < -0.39 is 0 Å². The summed E-state index contributed by atoms with van der Waals surface area (Å²) in [7, 11) is 0.